The number of benzene rings is 1. The summed E-state index contributed by atoms with van der Waals surface area (Å²) in [6, 6.07) is 11.7. The second kappa shape index (κ2) is 9.78. The molecule has 2 aromatic rings. The SMILES string of the molecule is CC(C)C(NC(=O)Nc1ccccc1)C(=O)NCC(c1ccco1)N(C)C. The fourth-order valence-corrected chi connectivity index (χ4v) is 2.69. The van der Waals surface area contributed by atoms with Crippen LogP contribution < -0.4 is 16.0 Å². The Morgan fingerprint density at radius 3 is 2.33 bits per heavy atom. The van der Waals surface area contributed by atoms with Crippen molar-refractivity contribution in [3.8, 4) is 0 Å². The number of furan rings is 1. The molecule has 0 saturated carbocycles. The van der Waals surface area contributed by atoms with E-state index < -0.39 is 12.1 Å². The maximum absolute atomic E-state index is 12.7. The van der Waals surface area contributed by atoms with Gasteiger partial charge in [0.2, 0.25) is 5.91 Å². The van der Waals surface area contributed by atoms with E-state index in [-0.39, 0.29) is 17.9 Å². The molecule has 3 N–H and O–H groups in total. The van der Waals surface area contributed by atoms with Gasteiger partial charge in [-0.05, 0) is 44.3 Å². The lowest BCUT2D eigenvalue weighted by Gasteiger charge is -2.26. The van der Waals surface area contributed by atoms with E-state index in [1.165, 1.54) is 0 Å². The summed E-state index contributed by atoms with van der Waals surface area (Å²) in [5, 5.41) is 8.41. The fraction of sp³-hybridized carbons (Fsp3) is 0.400. The molecule has 0 fully saturated rings. The largest absolute Gasteiger partial charge is 0.468 e. The second-order valence-corrected chi connectivity index (χ2v) is 6.93. The fourth-order valence-electron chi connectivity index (χ4n) is 2.69. The van der Waals surface area contributed by atoms with Crippen molar-refractivity contribution >= 4 is 17.6 Å². The van der Waals surface area contributed by atoms with E-state index in [0.29, 0.717) is 12.2 Å². The van der Waals surface area contributed by atoms with Crippen molar-refractivity contribution in [1.82, 2.24) is 15.5 Å². The summed E-state index contributed by atoms with van der Waals surface area (Å²) in [4.78, 5) is 26.9. The third-order valence-corrected chi connectivity index (χ3v) is 4.23. The highest BCUT2D eigenvalue weighted by Crippen LogP contribution is 2.17. The maximum atomic E-state index is 12.7. The molecular weight excluding hydrogens is 344 g/mol. The molecule has 1 aromatic heterocycles. The van der Waals surface area contributed by atoms with E-state index in [9.17, 15) is 9.59 Å². The van der Waals surface area contributed by atoms with Crippen LogP contribution in [0.25, 0.3) is 0 Å². The zero-order valence-electron chi connectivity index (χ0n) is 16.2. The molecule has 0 radical (unpaired) electrons. The Hall–Kier alpha value is -2.80. The van der Waals surface area contributed by atoms with Crippen molar-refractivity contribution < 1.29 is 14.0 Å². The quantitative estimate of drug-likeness (QED) is 0.665. The maximum Gasteiger partial charge on any atom is 0.319 e. The first kappa shape index (κ1) is 20.5. The lowest BCUT2D eigenvalue weighted by molar-refractivity contribution is -0.124. The van der Waals surface area contributed by atoms with Crippen LogP contribution in [0.4, 0.5) is 10.5 Å². The highest BCUT2D eigenvalue weighted by atomic mass is 16.3. The van der Waals surface area contributed by atoms with Crippen LogP contribution in [0.1, 0.15) is 25.6 Å². The summed E-state index contributed by atoms with van der Waals surface area (Å²) >= 11 is 0. The Balaban J connectivity index is 1.94. The van der Waals surface area contributed by atoms with E-state index in [1.807, 2.05) is 63.2 Å². The predicted molar refractivity (Wildman–Crippen MR) is 105 cm³/mol. The van der Waals surface area contributed by atoms with Gasteiger partial charge in [-0.1, -0.05) is 32.0 Å². The highest BCUT2D eigenvalue weighted by molar-refractivity contribution is 5.93. The molecule has 0 bridgehead atoms. The lowest BCUT2D eigenvalue weighted by Crippen LogP contribution is -2.52. The van der Waals surface area contributed by atoms with E-state index in [4.69, 9.17) is 4.42 Å². The highest BCUT2D eigenvalue weighted by Gasteiger charge is 2.26. The summed E-state index contributed by atoms with van der Waals surface area (Å²) in [5.41, 5.74) is 0.670. The van der Waals surface area contributed by atoms with E-state index in [0.717, 1.165) is 5.76 Å². The third kappa shape index (κ3) is 6.14. The van der Waals surface area contributed by atoms with E-state index >= 15 is 0 Å². The number of carbonyl (C=O) groups is 2. The number of nitrogens with zero attached hydrogens (tertiary/aromatic N) is 1. The molecule has 7 nitrogen and oxygen atoms in total. The first-order valence-electron chi connectivity index (χ1n) is 8.98. The molecule has 0 spiro atoms. The van der Waals surface area contributed by atoms with E-state index in [2.05, 4.69) is 16.0 Å². The van der Waals surface area contributed by atoms with E-state index in [1.54, 1.807) is 18.4 Å². The van der Waals surface area contributed by atoms with Crippen LogP contribution in [-0.4, -0.2) is 43.5 Å². The van der Waals surface area contributed by atoms with Gasteiger partial charge in [0.1, 0.15) is 11.8 Å². The molecule has 2 rings (SSSR count). The van der Waals surface area contributed by atoms with Gasteiger partial charge in [-0.25, -0.2) is 4.79 Å². The molecule has 1 heterocycles. The molecule has 0 aliphatic carbocycles. The van der Waals surface area contributed by atoms with Crippen molar-refractivity contribution in [1.29, 1.82) is 0 Å². The number of amides is 3. The first-order chi connectivity index (χ1) is 12.9. The van der Waals surface area contributed by atoms with Crippen molar-refractivity contribution in [3.05, 3.63) is 54.5 Å². The van der Waals surface area contributed by atoms with Gasteiger partial charge in [-0.3, -0.25) is 9.69 Å². The lowest BCUT2D eigenvalue weighted by atomic mass is 10.0. The second-order valence-electron chi connectivity index (χ2n) is 6.93. The molecule has 0 aliphatic heterocycles. The number of nitrogens with one attached hydrogen (secondary N) is 3. The normalized spacial score (nSPS) is 13.3. The summed E-state index contributed by atoms with van der Waals surface area (Å²) < 4.78 is 5.46. The van der Waals surface area contributed by atoms with Gasteiger partial charge in [0.25, 0.3) is 0 Å². The average Bonchev–Trinajstić information content (AvgIpc) is 3.14. The minimum absolute atomic E-state index is 0.0621. The topological polar surface area (TPSA) is 86.6 Å². The molecule has 0 saturated heterocycles. The molecule has 2 unspecified atom stereocenters. The van der Waals surface area contributed by atoms with Crippen LogP contribution >= 0.6 is 0 Å². The Kier molecular flexibility index (Phi) is 7.43. The average molecular weight is 372 g/mol. The van der Waals surface area contributed by atoms with Crippen LogP contribution in [0.2, 0.25) is 0 Å². The Labute approximate surface area is 160 Å². The van der Waals surface area contributed by atoms with Crippen LogP contribution in [0.3, 0.4) is 0 Å². The van der Waals surface area contributed by atoms with Crippen molar-refractivity contribution in [2.75, 3.05) is 26.0 Å². The van der Waals surface area contributed by atoms with Crippen LogP contribution in [0, 0.1) is 5.92 Å². The van der Waals surface area contributed by atoms with Crippen LogP contribution in [-0.2, 0) is 4.79 Å². The molecule has 7 heteroatoms. The monoisotopic (exact) mass is 372 g/mol. The number of urea groups is 1. The van der Waals surface area contributed by atoms with Gasteiger partial charge < -0.3 is 20.4 Å². The van der Waals surface area contributed by atoms with Crippen LogP contribution in [0.5, 0.6) is 0 Å². The van der Waals surface area contributed by atoms with Gasteiger partial charge in [-0.15, -0.1) is 0 Å². The summed E-state index contributed by atoms with van der Waals surface area (Å²) in [6.07, 6.45) is 1.61. The van der Waals surface area contributed by atoms with Gasteiger partial charge in [0.15, 0.2) is 0 Å². The summed E-state index contributed by atoms with van der Waals surface area (Å²) in [6.45, 7) is 4.16. The molecule has 2 atom stereocenters. The minimum atomic E-state index is -0.645. The number of hydrogen-bond acceptors (Lipinski definition) is 4. The van der Waals surface area contributed by atoms with Crippen molar-refractivity contribution in [2.24, 2.45) is 5.92 Å². The zero-order chi connectivity index (χ0) is 19.8. The van der Waals surface area contributed by atoms with Gasteiger partial charge in [0.05, 0.1) is 12.3 Å². The third-order valence-electron chi connectivity index (χ3n) is 4.23. The van der Waals surface area contributed by atoms with Gasteiger partial charge in [-0.2, -0.15) is 0 Å². The van der Waals surface area contributed by atoms with Crippen molar-refractivity contribution in [3.63, 3.8) is 0 Å². The minimum Gasteiger partial charge on any atom is -0.468 e. The molecule has 1 aromatic carbocycles. The molecule has 146 valence electrons. The number of rotatable bonds is 8. The Morgan fingerprint density at radius 2 is 1.78 bits per heavy atom. The number of anilines is 1. The Bertz CT molecular complexity index is 714. The predicted octanol–water partition coefficient (Wildman–Crippen LogP) is 2.84. The summed E-state index contributed by atoms with van der Waals surface area (Å²) in [7, 11) is 3.84. The Morgan fingerprint density at radius 1 is 1.07 bits per heavy atom. The number of hydrogen-bond donors (Lipinski definition) is 3. The number of para-hydroxylation sites is 1. The number of carbonyl (C=O) groups excluding carboxylic acids is 2. The molecule has 27 heavy (non-hydrogen) atoms. The molecule has 0 aliphatic rings. The van der Waals surface area contributed by atoms with Gasteiger partial charge in [0, 0.05) is 12.2 Å². The number of likely N-dealkylation sites (N-methyl/N-ethyl adjacent to an activating group) is 1. The molecule has 3 amide bonds. The molecular formula is C20H28N4O3. The smallest absolute Gasteiger partial charge is 0.319 e. The first-order valence-corrected chi connectivity index (χ1v) is 8.98. The summed E-state index contributed by atoms with van der Waals surface area (Å²) in [5.74, 6) is 0.482. The van der Waals surface area contributed by atoms with Crippen LogP contribution in [0.15, 0.2) is 53.1 Å². The zero-order valence-corrected chi connectivity index (χ0v) is 16.2. The van der Waals surface area contributed by atoms with Crippen molar-refractivity contribution in [2.45, 2.75) is 25.9 Å². The van der Waals surface area contributed by atoms with Gasteiger partial charge >= 0.3 is 6.03 Å². The standard InChI is InChI=1S/C20H28N4O3/c1-14(2)18(23-20(26)22-15-9-6-5-7-10-15)19(25)21-13-16(24(3)4)17-11-8-12-27-17/h5-12,14,16,18H,13H2,1-4H3,(H,21,25)(H2,22,23,26).